The lowest BCUT2D eigenvalue weighted by Crippen LogP contribution is -2.20. The van der Waals surface area contributed by atoms with Crippen LogP contribution in [0.25, 0.3) is 0 Å². The van der Waals surface area contributed by atoms with Crippen molar-refractivity contribution in [2.75, 3.05) is 18.4 Å². The maximum Gasteiger partial charge on any atom is 0.123 e. The maximum atomic E-state index is 5.77. The van der Waals surface area contributed by atoms with Gasteiger partial charge in [-0.1, -0.05) is 13.8 Å². The number of aromatic nitrogens is 2. The smallest absolute Gasteiger partial charge is 0.123 e. The molecule has 1 aromatic rings. The molecular weight excluding hydrogens is 200 g/mol. The standard InChI is InChI=1S/C12H24N4/c1-10(2)8-11(9-13)4-6-14-12-5-7-15-16(12)3/h5,7,10-11,14H,4,6,8-9,13H2,1-3H3. The van der Waals surface area contributed by atoms with Crippen LogP contribution in [-0.2, 0) is 7.05 Å². The van der Waals surface area contributed by atoms with E-state index in [0.29, 0.717) is 5.92 Å². The minimum absolute atomic E-state index is 0.626. The summed E-state index contributed by atoms with van der Waals surface area (Å²) < 4.78 is 1.85. The summed E-state index contributed by atoms with van der Waals surface area (Å²) in [6.45, 7) is 6.24. The van der Waals surface area contributed by atoms with Gasteiger partial charge in [0.15, 0.2) is 0 Å². The Kier molecular flexibility index (Phi) is 5.32. The van der Waals surface area contributed by atoms with E-state index in [0.717, 1.165) is 31.2 Å². The molecule has 1 heterocycles. The predicted octanol–water partition coefficient (Wildman–Crippen LogP) is 1.84. The van der Waals surface area contributed by atoms with Gasteiger partial charge in [-0.15, -0.1) is 0 Å². The summed E-state index contributed by atoms with van der Waals surface area (Å²) in [6.07, 6.45) is 4.14. The molecule has 1 rings (SSSR count). The van der Waals surface area contributed by atoms with E-state index in [1.54, 1.807) is 6.20 Å². The van der Waals surface area contributed by atoms with Crippen LogP contribution in [0.1, 0.15) is 26.7 Å². The summed E-state index contributed by atoms with van der Waals surface area (Å²) >= 11 is 0. The SMILES string of the molecule is CC(C)CC(CN)CCNc1ccnn1C. The number of hydrogen-bond donors (Lipinski definition) is 2. The molecule has 16 heavy (non-hydrogen) atoms. The second-order valence-corrected chi connectivity index (χ2v) is 4.79. The van der Waals surface area contributed by atoms with Gasteiger partial charge in [0.2, 0.25) is 0 Å². The lowest BCUT2D eigenvalue weighted by molar-refractivity contribution is 0.401. The molecule has 0 aliphatic heterocycles. The fourth-order valence-electron chi connectivity index (χ4n) is 1.95. The van der Waals surface area contributed by atoms with Gasteiger partial charge >= 0.3 is 0 Å². The fraction of sp³-hybridized carbons (Fsp3) is 0.750. The van der Waals surface area contributed by atoms with Crippen LogP contribution in [0.4, 0.5) is 5.82 Å². The van der Waals surface area contributed by atoms with Crippen LogP contribution < -0.4 is 11.1 Å². The van der Waals surface area contributed by atoms with E-state index < -0.39 is 0 Å². The van der Waals surface area contributed by atoms with Crippen molar-refractivity contribution >= 4 is 5.82 Å². The van der Waals surface area contributed by atoms with Gasteiger partial charge in [-0.2, -0.15) is 5.10 Å². The third kappa shape index (κ3) is 4.23. The number of aryl methyl sites for hydroxylation is 1. The number of hydrogen-bond acceptors (Lipinski definition) is 3. The van der Waals surface area contributed by atoms with Gasteiger partial charge in [0, 0.05) is 19.7 Å². The molecule has 0 spiro atoms. The monoisotopic (exact) mass is 224 g/mol. The Bertz CT molecular complexity index is 293. The average Bonchev–Trinajstić information content (AvgIpc) is 2.62. The molecular formula is C12H24N4. The Labute approximate surface area is 98.2 Å². The van der Waals surface area contributed by atoms with Crippen molar-refractivity contribution < 1.29 is 0 Å². The lowest BCUT2D eigenvalue weighted by Gasteiger charge is -2.17. The van der Waals surface area contributed by atoms with Crippen molar-refractivity contribution in [1.29, 1.82) is 0 Å². The summed E-state index contributed by atoms with van der Waals surface area (Å²) in [5, 5.41) is 7.49. The lowest BCUT2D eigenvalue weighted by atomic mass is 9.94. The van der Waals surface area contributed by atoms with Gasteiger partial charge in [0.1, 0.15) is 5.82 Å². The minimum Gasteiger partial charge on any atom is -0.370 e. The average molecular weight is 224 g/mol. The summed E-state index contributed by atoms with van der Waals surface area (Å²) in [5.74, 6) is 2.42. The van der Waals surface area contributed by atoms with Crippen LogP contribution in [0.2, 0.25) is 0 Å². The van der Waals surface area contributed by atoms with Crippen LogP contribution in [0.5, 0.6) is 0 Å². The molecule has 4 nitrogen and oxygen atoms in total. The van der Waals surface area contributed by atoms with Gasteiger partial charge in [0.25, 0.3) is 0 Å². The zero-order chi connectivity index (χ0) is 12.0. The van der Waals surface area contributed by atoms with Crippen LogP contribution in [0.15, 0.2) is 12.3 Å². The summed E-state index contributed by atoms with van der Waals surface area (Å²) in [7, 11) is 1.94. The molecule has 0 aliphatic carbocycles. The van der Waals surface area contributed by atoms with E-state index in [9.17, 15) is 0 Å². The molecule has 1 aromatic heterocycles. The number of nitrogens with two attached hydrogens (primary N) is 1. The first kappa shape index (κ1) is 13.0. The van der Waals surface area contributed by atoms with E-state index in [2.05, 4.69) is 24.3 Å². The van der Waals surface area contributed by atoms with Crippen molar-refractivity contribution in [3.63, 3.8) is 0 Å². The van der Waals surface area contributed by atoms with Gasteiger partial charge < -0.3 is 11.1 Å². The molecule has 0 fully saturated rings. The summed E-state index contributed by atoms with van der Waals surface area (Å²) in [5.41, 5.74) is 5.77. The van der Waals surface area contributed by atoms with E-state index in [1.165, 1.54) is 6.42 Å². The van der Waals surface area contributed by atoms with E-state index in [1.807, 2.05) is 17.8 Å². The van der Waals surface area contributed by atoms with Crippen molar-refractivity contribution in [2.24, 2.45) is 24.6 Å². The first-order chi connectivity index (χ1) is 7.63. The fourth-order valence-corrected chi connectivity index (χ4v) is 1.95. The molecule has 4 heteroatoms. The Morgan fingerprint density at radius 3 is 2.75 bits per heavy atom. The molecule has 0 aromatic carbocycles. The molecule has 0 saturated heterocycles. The Morgan fingerprint density at radius 2 is 2.25 bits per heavy atom. The third-order valence-corrected chi connectivity index (χ3v) is 2.82. The van der Waals surface area contributed by atoms with Gasteiger partial charge in [0.05, 0.1) is 6.20 Å². The first-order valence-corrected chi connectivity index (χ1v) is 6.05. The van der Waals surface area contributed by atoms with Crippen LogP contribution in [0.3, 0.4) is 0 Å². The van der Waals surface area contributed by atoms with E-state index in [4.69, 9.17) is 5.73 Å². The molecule has 3 N–H and O–H groups in total. The quantitative estimate of drug-likeness (QED) is 0.743. The highest BCUT2D eigenvalue weighted by molar-refractivity contribution is 5.33. The van der Waals surface area contributed by atoms with Crippen molar-refractivity contribution in [3.8, 4) is 0 Å². The summed E-state index contributed by atoms with van der Waals surface area (Å²) in [4.78, 5) is 0. The predicted molar refractivity (Wildman–Crippen MR) is 68.3 cm³/mol. The second-order valence-electron chi connectivity index (χ2n) is 4.79. The normalized spacial score (nSPS) is 13.1. The Morgan fingerprint density at radius 1 is 1.50 bits per heavy atom. The largest absolute Gasteiger partial charge is 0.370 e. The number of nitrogens with one attached hydrogen (secondary N) is 1. The maximum absolute atomic E-state index is 5.77. The highest BCUT2D eigenvalue weighted by Crippen LogP contribution is 2.14. The van der Waals surface area contributed by atoms with Gasteiger partial charge in [-0.3, -0.25) is 4.68 Å². The van der Waals surface area contributed by atoms with Crippen LogP contribution in [0, 0.1) is 11.8 Å². The molecule has 0 radical (unpaired) electrons. The second kappa shape index (κ2) is 6.53. The first-order valence-electron chi connectivity index (χ1n) is 6.05. The number of anilines is 1. The molecule has 0 saturated carbocycles. The molecule has 1 atom stereocenters. The van der Waals surface area contributed by atoms with E-state index in [-0.39, 0.29) is 0 Å². The molecule has 0 aliphatic rings. The van der Waals surface area contributed by atoms with Crippen molar-refractivity contribution in [3.05, 3.63) is 12.3 Å². The van der Waals surface area contributed by atoms with Crippen LogP contribution in [-0.4, -0.2) is 22.9 Å². The number of nitrogens with zero attached hydrogens (tertiary/aromatic N) is 2. The topological polar surface area (TPSA) is 55.9 Å². The van der Waals surface area contributed by atoms with Crippen LogP contribution >= 0.6 is 0 Å². The molecule has 1 unspecified atom stereocenters. The zero-order valence-electron chi connectivity index (χ0n) is 10.6. The summed E-state index contributed by atoms with van der Waals surface area (Å²) in [6, 6.07) is 1.99. The van der Waals surface area contributed by atoms with Gasteiger partial charge in [-0.25, -0.2) is 0 Å². The molecule has 0 bridgehead atoms. The van der Waals surface area contributed by atoms with Gasteiger partial charge in [-0.05, 0) is 31.2 Å². The highest BCUT2D eigenvalue weighted by Gasteiger charge is 2.08. The molecule has 0 amide bonds. The highest BCUT2D eigenvalue weighted by atomic mass is 15.3. The third-order valence-electron chi connectivity index (χ3n) is 2.82. The Hall–Kier alpha value is -1.03. The van der Waals surface area contributed by atoms with E-state index >= 15 is 0 Å². The minimum atomic E-state index is 0.626. The Balaban J connectivity index is 2.26. The zero-order valence-corrected chi connectivity index (χ0v) is 10.6. The van der Waals surface area contributed by atoms with Crippen molar-refractivity contribution in [2.45, 2.75) is 26.7 Å². The van der Waals surface area contributed by atoms with Crippen molar-refractivity contribution in [1.82, 2.24) is 9.78 Å². The number of rotatable bonds is 7. The molecule has 92 valence electrons.